The van der Waals surface area contributed by atoms with Crippen LogP contribution in [0.2, 0.25) is 0 Å². The second-order valence-corrected chi connectivity index (χ2v) is 11.1. The van der Waals surface area contributed by atoms with Crippen LogP contribution < -0.4 is 10.6 Å². The maximum absolute atomic E-state index is 13.3. The van der Waals surface area contributed by atoms with Crippen molar-refractivity contribution >= 4 is 18.0 Å². The Morgan fingerprint density at radius 1 is 0.829 bits per heavy atom. The van der Waals surface area contributed by atoms with Gasteiger partial charge in [0.1, 0.15) is 18.7 Å². The van der Waals surface area contributed by atoms with Crippen LogP contribution in [-0.4, -0.2) is 60.3 Å². The lowest BCUT2D eigenvalue weighted by atomic mass is 9.98. The molecular formula is C33H39N3O5. The number of benzene rings is 3. The van der Waals surface area contributed by atoms with Crippen molar-refractivity contribution in [1.82, 2.24) is 15.5 Å². The predicted octanol–water partition coefficient (Wildman–Crippen LogP) is 5.03. The number of carboxylic acid groups (broad SMARTS) is 1. The summed E-state index contributed by atoms with van der Waals surface area (Å²) >= 11 is 0. The van der Waals surface area contributed by atoms with Gasteiger partial charge in [-0.3, -0.25) is 9.69 Å². The van der Waals surface area contributed by atoms with E-state index in [0.29, 0.717) is 25.3 Å². The summed E-state index contributed by atoms with van der Waals surface area (Å²) < 4.78 is 5.66. The molecule has 1 aliphatic carbocycles. The molecule has 8 heteroatoms. The summed E-state index contributed by atoms with van der Waals surface area (Å²) in [5, 5.41) is 15.2. The molecule has 8 nitrogen and oxygen atoms in total. The molecule has 0 aliphatic heterocycles. The summed E-state index contributed by atoms with van der Waals surface area (Å²) in [5.41, 5.74) is 5.49. The predicted molar refractivity (Wildman–Crippen MR) is 158 cm³/mol. The zero-order valence-corrected chi connectivity index (χ0v) is 23.9. The van der Waals surface area contributed by atoms with Gasteiger partial charge in [-0.05, 0) is 53.6 Å². The van der Waals surface area contributed by atoms with Crippen LogP contribution in [0.3, 0.4) is 0 Å². The smallest absolute Gasteiger partial charge is 0.407 e. The third kappa shape index (κ3) is 7.95. The molecule has 2 amide bonds. The Morgan fingerprint density at radius 2 is 1.41 bits per heavy atom. The highest BCUT2D eigenvalue weighted by Gasteiger charge is 2.31. The van der Waals surface area contributed by atoms with Crippen molar-refractivity contribution in [3.8, 4) is 11.1 Å². The number of alkyl carbamates (subject to hydrolysis) is 1. The Balaban J connectivity index is 1.38. The lowest BCUT2D eigenvalue weighted by Crippen LogP contribution is -2.54. The van der Waals surface area contributed by atoms with Crippen LogP contribution >= 0.6 is 0 Å². The number of ether oxygens (including phenoxy) is 1. The van der Waals surface area contributed by atoms with Crippen LogP contribution in [0.5, 0.6) is 0 Å². The van der Waals surface area contributed by atoms with Crippen LogP contribution in [0.25, 0.3) is 11.1 Å². The van der Waals surface area contributed by atoms with E-state index in [2.05, 4.69) is 22.8 Å². The monoisotopic (exact) mass is 557 g/mol. The number of fused-ring (bicyclic) bond motifs is 3. The van der Waals surface area contributed by atoms with E-state index in [9.17, 15) is 19.5 Å². The molecule has 1 aliphatic rings. The number of nitrogens with one attached hydrogen (secondary N) is 2. The summed E-state index contributed by atoms with van der Waals surface area (Å²) in [6.07, 6.45) is 0.330. The van der Waals surface area contributed by atoms with Crippen molar-refractivity contribution in [1.29, 1.82) is 0 Å². The maximum Gasteiger partial charge on any atom is 0.407 e. The first-order valence-corrected chi connectivity index (χ1v) is 14.1. The van der Waals surface area contributed by atoms with Crippen LogP contribution in [0.4, 0.5) is 4.79 Å². The summed E-state index contributed by atoms with van der Waals surface area (Å²) in [7, 11) is 1.81. The number of likely N-dealkylation sites (N-methyl/N-ethyl adjacent to an activating group) is 1. The number of nitrogens with zero attached hydrogens (tertiary/aromatic N) is 1. The zero-order valence-electron chi connectivity index (χ0n) is 23.9. The Morgan fingerprint density at radius 3 is 2.00 bits per heavy atom. The molecule has 0 radical (unpaired) electrons. The van der Waals surface area contributed by atoms with Gasteiger partial charge in [0.25, 0.3) is 0 Å². The maximum atomic E-state index is 13.3. The molecular weight excluding hydrogens is 518 g/mol. The Bertz CT molecular complexity index is 1300. The molecule has 3 aromatic rings. The zero-order chi connectivity index (χ0) is 29.4. The Kier molecular flexibility index (Phi) is 10.1. The lowest BCUT2D eigenvalue weighted by molar-refractivity contribution is -0.142. The molecule has 2 unspecified atom stereocenters. The van der Waals surface area contributed by atoms with E-state index in [1.54, 1.807) is 7.05 Å². The second-order valence-electron chi connectivity index (χ2n) is 11.1. The standard InChI is InChI=1S/C33H39N3O5/c1-22(2)17-18-29(31(37)34-30(32(38)39)20-36(3)19-23-11-5-4-6-12-23)35-33(40)41-21-28-26-15-9-7-13-24(26)25-14-8-10-16-27(25)28/h4-16,22,28-30H,17-21H2,1-3H3,(H,34,37)(H,35,40)(H,38,39). The van der Waals surface area contributed by atoms with Gasteiger partial charge in [0.05, 0.1) is 0 Å². The van der Waals surface area contributed by atoms with Gasteiger partial charge in [-0.2, -0.15) is 0 Å². The fraction of sp³-hybridized carbons (Fsp3) is 0.364. The minimum absolute atomic E-state index is 0.104. The van der Waals surface area contributed by atoms with E-state index in [4.69, 9.17) is 4.74 Å². The van der Waals surface area contributed by atoms with Gasteiger partial charge in [-0.25, -0.2) is 9.59 Å². The van der Waals surface area contributed by atoms with E-state index in [-0.39, 0.29) is 19.1 Å². The minimum atomic E-state index is -1.14. The average Bonchev–Trinajstić information content (AvgIpc) is 3.27. The topological polar surface area (TPSA) is 108 Å². The van der Waals surface area contributed by atoms with Gasteiger partial charge in [-0.1, -0.05) is 92.7 Å². The number of carboxylic acids is 1. The van der Waals surface area contributed by atoms with E-state index < -0.39 is 30.1 Å². The summed E-state index contributed by atoms with van der Waals surface area (Å²) in [4.78, 5) is 40.1. The van der Waals surface area contributed by atoms with Gasteiger partial charge in [0.2, 0.25) is 5.91 Å². The molecule has 41 heavy (non-hydrogen) atoms. The highest BCUT2D eigenvalue weighted by atomic mass is 16.5. The van der Waals surface area contributed by atoms with Crippen LogP contribution in [0.1, 0.15) is 49.3 Å². The van der Waals surface area contributed by atoms with E-state index >= 15 is 0 Å². The molecule has 0 aromatic heterocycles. The number of amides is 2. The van der Waals surface area contributed by atoms with Gasteiger partial charge in [0, 0.05) is 19.0 Å². The highest BCUT2D eigenvalue weighted by molar-refractivity contribution is 5.89. The van der Waals surface area contributed by atoms with Gasteiger partial charge in [-0.15, -0.1) is 0 Å². The van der Waals surface area contributed by atoms with Crippen molar-refractivity contribution < 1.29 is 24.2 Å². The van der Waals surface area contributed by atoms with Gasteiger partial charge >= 0.3 is 12.1 Å². The Labute approximate surface area is 241 Å². The van der Waals surface area contributed by atoms with E-state index in [1.165, 1.54) is 0 Å². The molecule has 2 atom stereocenters. The van der Waals surface area contributed by atoms with Crippen molar-refractivity contribution in [3.63, 3.8) is 0 Å². The molecule has 216 valence electrons. The summed E-state index contributed by atoms with van der Waals surface area (Å²) in [6.45, 7) is 4.83. The summed E-state index contributed by atoms with van der Waals surface area (Å²) in [5.74, 6) is -1.49. The van der Waals surface area contributed by atoms with Crippen molar-refractivity contribution in [2.24, 2.45) is 5.92 Å². The number of rotatable bonds is 13. The summed E-state index contributed by atoms with van der Waals surface area (Å²) in [6, 6.07) is 23.8. The molecule has 4 rings (SSSR count). The third-order valence-electron chi connectivity index (χ3n) is 7.39. The largest absolute Gasteiger partial charge is 0.480 e. The third-order valence-corrected chi connectivity index (χ3v) is 7.39. The fourth-order valence-corrected chi connectivity index (χ4v) is 5.28. The first-order chi connectivity index (χ1) is 19.7. The molecule has 0 saturated carbocycles. The SMILES string of the molecule is CC(C)CCC(NC(=O)OCC1c2ccccc2-c2ccccc21)C(=O)NC(CN(C)Cc1ccccc1)C(=O)O. The molecule has 0 spiro atoms. The number of carbonyl (C=O) groups is 3. The van der Waals surface area contributed by atoms with Crippen LogP contribution in [0, 0.1) is 5.92 Å². The number of hydrogen-bond acceptors (Lipinski definition) is 5. The van der Waals surface area contributed by atoms with Crippen molar-refractivity contribution in [3.05, 3.63) is 95.6 Å². The first kappa shape index (κ1) is 29.8. The van der Waals surface area contributed by atoms with E-state index in [1.807, 2.05) is 85.5 Å². The molecule has 0 fully saturated rings. The number of aliphatic carboxylic acids is 1. The van der Waals surface area contributed by atoms with Crippen LogP contribution in [-0.2, 0) is 20.9 Å². The van der Waals surface area contributed by atoms with E-state index in [0.717, 1.165) is 27.8 Å². The lowest BCUT2D eigenvalue weighted by Gasteiger charge is -2.25. The first-order valence-electron chi connectivity index (χ1n) is 14.1. The quantitative estimate of drug-likeness (QED) is 0.272. The molecule has 0 heterocycles. The number of hydrogen-bond donors (Lipinski definition) is 3. The van der Waals surface area contributed by atoms with Crippen molar-refractivity contribution in [2.45, 2.75) is 51.2 Å². The average molecular weight is 558 g/mol. The Hall–Kier alpha value is -4.17. The molecule has 3 aromatic carbocycles. The molecule has 3 N–H and O–H groups in total. The minimum Gasteiger partial charge on any atom is -0.480 e. The highest BCUT2D eigenvalue weighted by Crippen LogP contribution is 2.44. The van der Waals surface area contributed by atoms with Crippen LogP contribution in [0.15, 0.2) is 78.9 Å². The second kappa shape index (κ2) is 13.9. The fourth-order valence-electron chi connectivity index (χ4n) is 5.28. The normalized spacial score (nSPS) is 13.8. The molecule has 0 bridgehead atoms. The molecule has 0 saturated heterocycles. The van der Waals surface area contributed by atoms with Gasteiger partial charge < -0.3 is 20.5 Å². The van der Waals surface area contributed by atoms with Gasteiger partial charge in [0.15, 0.2) is 0 Å². The van der Waals surface area contributed by atoms with Crippen molar-refractivity contribution in [2.75, 3.05) is 20.2 Å². The number of carbonyl (C=O) groups excluding carboxylic acids is 2.